The number of hydrogen-bond donors (Lipinski definition) is 3. The molecule has 0 aromatic heterocycles. The number of rotatable bonds is 3. The SMILES string of the molecule is OCC[C@@H](O)[C@@H]1CCCCN1. The van der Waals surface area contributed by atoms with Crippen molar-refractivity contribution in [2.75, 3.05) is 13.2 Å². The Balaban J connectivity index is 2.21. The summed E-state index contributed by atoms with van der Waals surface area (Å²) < 4.78 is 0. The van der Waals surface area contributed by atoms with Gasteiger partial charge in [-0.1, -0.05) is 6.42 Å². The molecular formula is C8H17NO2. The van der Waals surface area contributed by atoms with Crippen LogP contribution in [0.2, 0.25) is 0 Å². The van der Waals surface area contributed by atoms with Crippen molar-refractivity contribution in [1.29, 1.82) is 0 Å². The van der Waals surface area contributed by atoms with Crippen LogP contribution in [-0.2, 0) is 0 Å². The van der Waals surface area contributed by atoms with E-state index in [0.29, 0.717) is 6.42 Å². The first-order valence-corrected chi connectivity index (χ1v) is 4.37. The van der Waals surface area contributed by atoms with Crippen molar-refractivity contribution in [3.63, 3.8) is 0 Å². The van der Waals surface area contributed by atoms with E-state index >= 15 is 0 Å². The first-order chi connectivity index (χ1) is 5.34. The molecule has 0 aromatic rings. The highest BCUT2D eigenvalue weighted by Gasteiger charge is 2.19. The molecule has 0 spiro atoms. The average molecular weight is 159 g/mol. The van der Waals surface area contributed by atoms with Crippen LogP contribution in [0.15, 0.2) is 0 Å². The molecule has 1 aliphatic rings. The van der Waals surface area contributed by atoms with E-state index in [9.17, 15) is 5.11 Å². The van der Waals surface area contributed by atoms with Crippen LogP contribution in [0.3, 0.4) is 0 Å². The van der Waals surface area contributed by atoms with E-state index in [4.69, 9.17) is 5.11 Å². The molecule has 11 heavy (non-hydrogen) atoms. The predicted octanol–water partition coefficient (Wildman–Crippen LogP) is -0.128. The van der Waals surface area contributed by atoms with Crippen molar-refractivity contribution in [3.8, 4) is 0 Å². The molecule has 3 nitrogen and oxygen atoms in total. The molecule has 0 aromatic carbocycles. The largest absolute Gasteiger partial charge is 0.396 e. The van der Waals surface area contributed by atoms with Crippen molar-refractivity contribution in [2.24, 2.45) is 0 Å². The molecule has 1 aliphatic heterocycles. The van der Waals surface area contributed by atoms with E-state index in [-0.39, 0.29) is 18.8 Å². The number of nitrogens with one attached hydrogen (secondary N) is 1. The highest BCUT2D eigenvalue weighted by Crippen LogP contribution is 2.11. The fourth-order valence-corrected chi connectivity index (χ4v) is 1.54. The lowest BCUT2D eigenvalue weighted by atomic mass is 9.98. The molecule has 0 saturated carbocycles. The first kappa shape index (κ1) is 8.97. The minimum atomic E-state index is -0.361. The van der Waals surface area contributed by atoms with Crippen molar-refractivity contribution >= 4 is 0 Å². The average Bonchev–Trinajstić information content (AvgIpc) is 2.07. The van der Waals surface area contributed by atoms with Gasteiger partial charge in [-0.15, -0.1) is 0 Å². The van der Waals surface area contributed by atoms with E-state index in [2.05, 4.69) is 5.32 Å². The van der Waals surface area contributed by atoms with Crippen molar-refractivity contribution in [3.05, 3.63) is 0 Å². The van der Waals surface area contributed by atoms with Crippen molar-refractivity contribution < 1.29 is 10.2 Å². The van der Waals surface area contributed by atoms with Gasteiger partial charge in [0.1, 0.15) is 0 Å². The van der Waals surface area contributed by atoms with Crippen molar-refractivity contribution in [2.45, 2.75) is 37.8 Å². The molecule has 1 heterocycles. The minimum absolute atomic E-state index is 0.0827. The lowest BCUT2D eigenvalue weighted by Crippen LogP contribution is -2.43. The number of hydrogen-bond acceptors (Lipinski definition) is 3. The molecule has 0 aliphatic carbocycles. The van der Waals surface area contributed by atoms with E-state index in [0.717, 1.165) is 13.0 Å². The summed E-state index contributed by atoms with van der Waals surface area (Å²) in [4.78, 5) is 0. The maximum atomic E-state index is 9.45. The number of piperidine rings is 1. The summed E-state index contributed by atoms with van der Waals surface area (Å²) in [6, 6.07) is 0.218. The molecule has 1 rings (SSSR count). The molecule has 0 unspecified atom stereocenters. The van der Waals surface area contributed by atoms with Gasteiger partial charge in [0.15, 0.2) is 0 Å². The minimum Gasteiger partial charge on any atom is -0.396 e. The summed E-state index contributed by atoms with van der Waals surface area (Å²) in [6.07, 6.45) is 3.58. The normalized spacial score (nSPS) is 28.4. The maximum absolute atomic E-state index is 9.45. The smallest absolute Gasteiger partial charge is 0.0715 e. The Bertz CT molecular complexity index is 102. The Morgan fingerprint density at radius 1 is 1.45 bits per heavy atom. The second-order valence-corrected chi connectivity index (χ2v) is 3.14. The Morgan fingerprint density at radius 3 is 2.82 bits per heavy atom. The Kier molecular flexibility index (Phi) is 3.83. The third kappa shape index (κ3) is 2.77. The van der Waals surface area contributed by atoms with Gasteiger partial charge >= 0.3 is 0 Å². The van der Waals surface area contributed by atoms with Crippen LogP contribution < -0.4 is 5.32 Å². The van der Waals surface area contributed by atoms with E-state index in [1.54, 1.807) is 0 Å². The standard InChI is InChI=1S/C8H17NO2/c10-6-4-8(11)7-3-1-2-5-9-7/h7-11H,1-6H2/t7-,8+/m0/s1. The summed E-state index contributed by atoms with van der Waals surface area (Å²) >= 11 is 0. The Morgan fingerprint density at radius 2 is 2.27 bits per heavy atom. The van der Waals surface area contributed by atoms with Gasteiger partial charge in [0, 0.05) is 12.6 Å². The van der Waals surface area contributed by atoms with E-state index in [1.165, 1.54) is 12.8 Å². The van der Waals surface area contributed by atoms with Crippen LogP contribution in [0.1, 0.15) is 25.7 Å². The third-order valence-corrected chi connectivity index (χ3v) is 2.24. The molecule has 0 bridgehead atoms. The maximum Gasteiger partial charge on any atom is 0.0715 e. The van der Waals surface area contributed by atoms with Crippen LogP contribution in [0.25, 0.3) is 0 Å². The molecular weight excluding hydrogens is 142 g/mol. The second-order valence-electron chi connectivity index (χ2n) is 3.14. The second kappa shape index (κ2) is 4.70. The zero-order valence-corrected chi connectivity index (χ0v) is 6.79. The van der Waals surface area contributed by atoms with Gasteiger partial charge in [0.2, 0.25) is 0 Å². The molecule has 3 N–H and O–H groups in total. The summed E-state index contributed by atoms with van der Waals surface area (Å²) in [7, 11) is 0. The van der Waals surface area contributed by atoms with Crippen LogP contribution in [0.4, 0.5) is 0 Å². The van der Waals surface area contributed by atoms with Crippen LogP contribution in [0, 0.1) is 0 Å². The molecule has 66 valence electrons. The lowest BCUT2D eigenvalue weighted by molar-refractivity contribution is 0.0849. The van der Waals surface area contributed by atoms with E-state index in [1.807, 2.05) is 0 Å². The van der Waals surface area contributed by atoms with Crippen LogP contribution in [-0.4, -0.2) is 35.5 Å². The van der Waals surface area contributed by atoms with Gasteiger partial charge in [-0.2, -0.15) is 0 Å². The topological polar surface area (TPSA) is 52.5 Å². The molecule has 1 fully saturated rings. The fourth-order valence-electron chi connectivity index (χ4n) is 1.54. The lowest BCUT2D eigenvalue weighted by Gasteiger charge is -2.27. The number of aliphatic hydroxyl groups is 2. The predicted molar refractivity (Wildman–Crippen MR) is 43.4 cm³/mol. The summed E-state index contributed by atoms with van der Waals surface area (Å²) in [5.41, 5.74) is 0. The Labute approximate surface area is 67.4 Å². The monoisotopic (exact) mass is 159 g/mol. The number of aliphatic hydroxyl groups excluding tert-OH is 2. The molecule has 0 amide bonds. The highest BCUT2D eigenvalue weighted by atomic mass is 16.3. The fraction of sp³-hybridized carbons (Fsp3) is 1.00. The summed E-state index contributed by atoms with van der Waals surface area (Å²) in [5.74, 6) is 0. The molecule has 0 radical (unpaired) electrons. The van der Waals surface area contributed by atoms with Gasteiger partial charge in [0.25, 0.3) is 0 Å². The van der Waals surface area contributed by atoms with Gasteiger partial charge in [0.05, 0.1) is 6.10 Å². The molecule has 1 saturated heterocycles. The zero-order chi connectivity index (χ0) is 8.10. The van der Waals surface area contributed by atoms with Gasteiger partial charge in [-0.3, -0.25) is 0 Å². The zero-order valence-electron chi connectivity index (χ0n) is 6.79. The highest BCUT2D eigenvalue weighted by molar-refractivity contribution is 4.78. The van der Waals surface area contributed by atoms with Crippen LogP contribution >= 0.6 is 0 Å². The quantitative estimate of drug-likeness (QED) is 0.538. The summed E-state index contributed by atoms with van der Waals surface area (Å²) in [5, 5.41) is 21.3. The third-order valence-electron chi connectivity index (χ3n) is 2.24. The first-order valence-electron chi connectivity index (χ1n) is 4.37. The summed E-state index contributed by atoms with van der Waals surface area (Å²) in [6.45, 7) is 1.09. The molecule has 3 heteroatoms. The molecule has 2 atom stereocenters. The van der Waals surface area contributed by atoms with Gasteiger partial charge in [-0.25, -0.2) is 0 Å². The van der Waals surface area contributed by atoms with Gasteiger partial charge < -0.3 is 15.5 Å². The van der Waals surface area contributed by atoms with Crippen LogP contribution in [0.5, 0.6) is 0 Å². The Hall–Kier alpha value is -0.120. The van der Waals surface area contributed by atoms with Crippen molar-refractivity contribution in [1.82, 2.24) is 5.32 Å². The van der Waals surface area contributed by atoms with E-state index < -0.39 is 0 Å². The van der Waals surface area contributed by atoms with Gasteiger partial charge in [-0.05, 0) is 25.8 Å².